The predicted octanol–water partition coefficient (Wildman–Crippen LogP) is 5.85. The first-order valence-electron chi connectivity index (χ1n) is 10.4. The van der Waals surface area contributed by atoms with Gasteiger partial charge in [-0.3, -0.25) is 9.80 Å². The van der Waals surface area contributed by atoms with Crippen molar-refractivity contribution in [3.8, 4) is 0 Å². The second kappa shape index (κ2) is 8.89. The maximum Gasteiger partial charge on any atom is 0.123 e. The molecule has 0 radical (unpaired) electrons. The van der Waals surface area contributed by atoms with Crippen molar-refractivity contribution < 1.29 is 4.39 Å². The standard InChI is InChI=1S/C26H29FN2/c1-20-7-5-9-23(17-20)19-29-16-6-15-28(18-22-11-13-24(27)14-12-22)26(29)25-10-4-3-8-21(25)2/h3-5,7-14,17,26H,6,15-16,18-19H2,1-2H3/t26-/m0/s1. The predicted molar refractivity (Wildman–Crippen MR) is 117 cm³/mol. The van der Waals surface area contributed by atoms with Crippen LogP contribution in [0.4, 0.5) is 4.39 Å². The van der Waals surface area contributed by atoms with Crippen molar-refractivity contribution in [2.75, 3.05) is 13.1 Å². The van der Waals surface area contributed by atoms with Crippen LogP contribution in [0.2, 0.25) is 0 Å². The molecule has 0 spiro atoms. The van der Waals surface area contributed by atoms with E-state index in [2.05, 4.69) is 72.2 Å². The summed E-state index contributed by atoms with van der Waals surface area (Å²) in [6, 6.07) is 24.4. The van der Waals surface area contributed by atoms with E-state index in [4.69, 9.17) is 0 Å². The molecule has 0 saturated carbocycles. The molecule has 0 aliphatic carbocycles. The number of aryl methyl sites for hydroxylation is 2. The van der Waals surface area contributed by atoms with Crippen LogP contribution in [0.15, 0.2) is 72.8 Å². The van der Waals surface area contributed by atoms with Gasteiger partial charge in [0.05, 0.1) is 6.17 Å². The Labute approximate surface area is 173 Å². The minimum Gasteiger partial charge on any atom is -0.280 e. The highest BCUT2D eigenvalue weighted by Gasteiger charge is 2.31. The third kappa shape index (κ3) is 4.75. The molecule has 0 N–H and O–H groups in total. The lowest BCUT2D eigenvalue weighted by Gasteiger charge is -2.45. The fraction of sp³-hybridized carbons (Fsp3) is 0.308. The third-order valence-corrected chi connectivity index (χ3v) is 5.82. The number of nitrogens with zero attached hydrogens (tertiary/aromatic N) is 2. The summed E-state index contributed by atoms with van der Waals surface area (Å²) in [4.78, 5) is 5.12. The van der Waals surface area contributed by atoms with Crippen LogP contribution in [0.5, 0.6) is 0 Å². The average molecular weight is 389 g/mol. The SMILES string of the molecule is Cc1cccc(CN2CCCN(Cc3ccc(F)cc3)[C@@H]2c2ccccc2C)c1. The van der Waals surface area contributed by atoms with Crippen molar-refractivity contribution in [3.05, 3.63) is 106 Å². The van der Waals surface area contributed by atoms with Gasteiger partial charge in [0.2, 0.25) is 0 Å². The molecule has 1 fully saturated rings. The summed E-state index contributed by atoms with van der Waals surface area (Å²) in [5.74, 6) is -0.177. The Bertz CT molecular complexity index is 951. The van der Waals surface area contributed by atoms with Crippen LogP contribution in [0.25, 0.3) is 0 Å². The van der Waals surface area contributed by atoms with E-state index in [0.717, 1.165) is 38.2 Å². The zero-order valence-electron chi connectivity index (χ0n) is 17.3. The minimum atomic E-state index is -0.177. The van der Waals surface area contributed by atoms with E-state index in [9.17, 15) is 4.39 Å². The number of hydrogen-bond donors (Lipinski definition) is 0. The highest BCUT2D eigenvalue weighted by atomic mass is 19.1. The molecule has 29 heavy (non-hydrogen) atoms. The normalized spacial score (nSPS) is 18.1. The van der Waals surface area contributed by atoms with Gasteiger partial charge in [-0.2, -0.15) is 0 Å². The molecule has 1 aliphatic heterocycles. The van der Waals surface area contributed by atoms with Gasteiger partial charge in [0.1, 0.15) is 5.82 Å². The van der Waals surface area contributed by atoms with Crippen molar-refractivity contribution in [1.29, 1.82) is 0 Å². The summed E-state index contributed by atoms with van der Waals surface area (Å²) in [5, 5.41) is 0. The number of benzene rings is 3. The molecule has 0 aromatic heterocycles. The number of rotatable bonds is 5. The Morgan fingerprint density at radius 3 is 2.17 bits per heavy atom. The van der Waals surface area contributed by atoms with Crippen LogP contribution < -0.4 is 0 Å². The van der Waals surface area contributed by atoms with Crippen molar-refractivity contribution >= 4 is 0 Å². The van der Waals surface area contributed by atoms with Crippen molar-refractivity contribution in [2.24, 2.45) is 0 Å². The Balaban J connectivity index is 1.66. The summed E-state index contributed by atoms with van der Waals surface area (Å²) >= 11 is 0. The van der Waals surface area contributed by atoms with E-state index >= 15 is 0 Å². The summed E-state index contributed by atoms with van der Waals surface area (Å²) in [6.45, 7) is 8.22. The first kappa shape index (κ1) is 19.8. The lowest BCUT2D eigenvalue weighted by Crippen LogP contribution is -2.47. The summed E-state index contributed by atoms with van der Waals surface area (Å²) in [6.07, 6.45) is 1.35. The average Bonchev–Trinajstić information content (AvgIpc) is 2.71. The molecule has 0 bridgehead atoms. The van der Waals surface area contributed by atoms with E-state index in [-0.39, 0.29) is 12.0 Å². The van der Waals surface area contributed by atoms with Crippen molar-refractivity contribution in [3.63, 3.8) is 0 Å². The zero-order chi connectivity index (χ0) is 20.2. The smallest absolute Gasteiger partial charge is 0.123 e. The quantitative estimate of drug-likeness (QED) is 0.541. The minimum absolute atomic E-state index is 0.177. The zero-order valence-corrected chi connectivity index (χ0v) is 17.3. The fourth-order valence-electron chi connectivity index (χ4n) is 4.42. The van der Waals surface area contributed by atoms with E-state index in [1.54, 1.807) is 12.1 Å². The Morgan fingerprint density at radius 1 is 0.793 bits per heavy atom. The molecule has 4 rings (SSSR count). The van der Waals surface area contributed by atoms with Crippen LogP contribution in [-0.2, 0) is 13.1 Å². The lowest BCUT2D eigenvalue weighted by molar-refractivity contribution is -0.00946. The van der Waals surface area contributed by atoms with Gasteiger partial charge in [-0.05, 0) is 54.7 Å². The molecule has 0 unspecified atom stereocenters. The van der Waals surface area contributed by atoms with Gasteiger partial charge in [-0.15, -0.1) is 0 Å². The molecule has 3 aromatic carbocycles. The maximum absolute atomic E-state index is 13.4. The van der Waals surface area contributed by atoms with E-state index in [1.807, 2.05) is 12.1 Å². The molecule has 3 heteroatoms. The molecule has 1 aliphatic rings. The molecule has 150 valence electrons. The summed E-state index contributed by atoms with van der Waals surface area (Å²) in [5.41, 5.74) is 6.49. The number of hydrogen-bond acceptors (Lipinski definition) is 2. The van der Waals surface area contributed by atoms with E-state index in [0.29, 0.717) is 0 Å². The molecule has 1 heterocycles. The van der Waals surface area contributed by atoms with Gasteiger partial charge < -0.3 is 0 Å². The maximum atomic E-state index is 13.4. The second-order valence-corrected chi connectivity index (χ2v) is 8.14. The van der Waals surface area contributed by atoms with Crippen LogP contribution in [-0.4, -0.2) is 22.9 Å². The van der Waals surface area contributed by atoms with Crippen LogP contribution >= 0.6 is 0 Å². The molecule has 0 amide bonds. The van der Waals surface area contributed by atoms with Crippen molar-refractivity contribution in [1.82, 2.24) is 9.80 Å². The first-order valence-corrected chi connectivity index (χ1v) is 10.4. The van der Waals surface area contributed by atoms with Crippen molar-refractivity contribution in [2.45, 2.75) is 39.5 Å². The summed E-state index contributed by atoms with van der Waals surface area (Å²) in [7, 11) is 0. The Kier molecular flexibility index (Phi) is 6.08. The Morgan fingerprint density at radius 2 is 1.48 bits per heavy atom. The second-order valence-electron chi connectivity index (χ2n) is 8.14. The van der Waals surface area contributed by atoms with E-state index < -0.39 is 0 Å². The molecular weight excluding hydrogens is 359 g/mol. The highest BCUT2D eigenvalue weighted by Crippen LogP contribution is 2.33. The fourth-order valence-corrected chi connectivity index (χ4v) is 4.42. The van der Waals surface area contributed by atoms with Gasteiger partial charge in [-0.25, -0.2) is 4.39 Å². The van der Waals surface area contributed by atoms with E-state index in [1.165, 1.54) is 22.3 Å². The van der Waals surface area contributed by atoms with Gasteiger partial charge in [0.15, 0.2) is 0 Å². The molecular formula is C26H29FN2. The monoisotopic (exact) mass is 388 g/mol. The van der Waals surface area contributed by atoms with Gasteiger partial charge in [0.25, 0.3) is 0 Å². The molecule has 1 atom stereocenters. The lowest BCUT2D eigenvalue weighted by atomic mass is 10.00. The Hall–Kier alpha value is -2.49. The first-order chi connectivity index (χ1) is 14.1. The number of halogens is 1. The molecule has 3 aromatic rings. The molecule has 2 nitrogen and oxygen atoms in total. The largest absolute Gasteiger partial charge is 0.280 e. The highest BCUT2D eigenvalue weighted by molar-refractivity contribution is 5.30. The summed E-state index contributed by atoms with van der Waals surface area (Å²) < 4.78 is 13.4. The molecule has 1 saturated heterocycles. The van der Waals surface area contributed by atoms with Gasteiger partial charge in [0, 0.05) is 26.2 Å². The van der Waals surface area contributed by atoms with Gasteiger partial charge in [-0.1, -0.05) is 66.2 Å². The van der Waals surface area contributed by atoms with Crippen LogP contribution in [0, 0.1) is 19.7 Å². The van der Waals surface area contributed by atoms with Gasteiger partial charge >= 0.3 is 0 Å². The topological polar surface area (TPSA) is 6.48 Å². The van der Waals surface area contributed by atoms with Crippen LogP contribution in [0.1, 0.15) is 40.4 Å². The van der Waals surface area contributed by atoms with Crippen LogP contribution in [0.3, 0.4) is 0 Å². The third-order valence-electron chi connectivity index (χ3n) is 5.82.